The van der Waals surface area contributed by atoms with Gasteiger partial charge in [0.15, 0.2) is 0 Å². The van der Waals surface area contributed by atoms with Gasteiger partial charge in [-0.3, -0.25) is 4.79 Å². The van der Waals surface area contributed by atoms with Crippen LogP contribution in [0.15, 0.2) is 28.7 Å². The Balaban J connectivity index is 2.31. The number of nitrogens with two attached hydrogens (primary N) is 1. The molecule has 1 aromatic rings. The number of carbonyl (C=O) groups excluding carboxylic acids is 1. The van der Waals surface area contributed by atoms with Crippen molar-refractivity contribution in [2.45, 2.75) is 37.5 Å². The van der Waals surface area contributed by atoms with Crippen LogP contribution in [0.25, 0.3) is 0 Å². The first-order chi connectivity index (χ1) is 9.19. The fraction of sp³-hybridized carbons (Fsp3) is 0.533. The molecule has 1 fully saturated rings. The topological polar surface area (TPSA) is 55.1 Å². The lowest BCUT2D eigenvalue weighted by Gasteiger charge is -2.36. The van der Waals surface area contributed by atoms with E-state index in [0.717, 1.165) is 35.7 Å². The third kappa shape index (κ3) is 3.18. The molecular formula is C15H21BrN2O. The first-order valence-electron chi connectivity index (χ1n) is 6.93. The molecule has 3 N–H and O–H groups in total. The highest BCUT2D eigenvalue weighted by molar-refractivity contribution is 9.10. The average molecular weight is 325 g/mol. The summed E-state index contributed by atoms with van der Waals surface area (Å²) >= 11 is 3.50. The molecule has 1 saturated carbocycles. The van der Waals surface area contributed by atoms with E-state index in [1.165, 1.54) is 6.42 Å². The standard InChI is InChI=1S/C15H21BrN2O/c16-13-6-4-5-12(11-13)15(7-2-1-3-8-15)14(19)18-10-9-17/h4-6,11H,1-3,7-10,17H2,(H,18,19). The van der Waals surface area contributed by atoms with Gasteiger partial charge in [0.2, 0.25) is 5.91 Å². The molecule has 3 nitrogen and oxygen atoms in total. The smallest absolute Gasteiger partial charge is 0.230 e. The largest absolute Gasteiger partial charge is 0.354 e. The minimum atomic E-state index is -0.364. The van der Waals surface area contributed by atoms with Crippen molar-refractivity contribution in [1.29, 1.82) is 0 Å². The van der Waals surface area contributed by atoms with Crippen molar-refractivity contribution in [1.82, 2.24) is 5.32 Å². The molecule has 104 valence electrons. The molecule has 4 heteroatoms. The van der Waals surface area contributed by atoms with Gasteiger partial charge >= 0.3 is 0 Å². The lowest BCUT2D eigenvalue weighted by Crippen LogP contribution is -2.47. The number of carbonyl (C=O) groups is 1. The van der Waals surface area contributed by atoms with Crippen molar-refractivity contribution >= 4 is 21.8 Å². The van der Waals surface area contributed by atoms with Crippen LogP contribution in [0.4, 0.5) is 0 Å². The summed E-state index contributed by atoms with van der Waals surface area (Å²) in [4.78, 5) is 12.6. The van der Waals surface area contributed by atoms with Gasteiger partial charge in [0.25, 0.3) is 0 Å². The summed E-state index contributed by atoms with van der Waals surface area (Å²) in [7, 11) is 0. The summed E-state index contributed by atoms with van der Waals surface area (Å²) in [6.45, 7) is 1.04. The number of nitrogens with one attached hydrogen (secondary N) is 1. The second-order valence-electron chi connectivity index (χ2n) is 5.20. The summed E-state index contributed by atoms with van der Waals surface area (Å²) in [5.41, 5.74) is 6.25. The summed E-state index contributed by atoms with van der Waals surface area (Å²) in [5.74, 6) is 0.135. The van der Waals surface area contributed by atoms with Crippen LogP contribution in [0.1, 0.15) is 37.7 Å². The van der Waals surface area contributed by atoms with E-state index >= 15 is 0 Å². The Kier molecular flexibility index (Phi) is 4.99. The van der Waals surface area contributed by atoms with Crippen LogP contribution in [0.5, 0.6) is 0 Å². The molecule has 0 aromatic heterocycles. The Hall–Kier alpha value is -0.870. The fourth-order valence-corrected chi connectivity index (χ4v) is 3.34. The summed E-state index contributed by atoms with van der Waals surface area (Å²) in [5, 5.41) is 2.98. The van der Waals surface area contributed by atoms with E-state index in [4.69, 9.17) is 5.73 Å². The number of hydrogen-bond donors (Lipinski definition) is 2. The van der Waals surface area contributed by atoms with Crippen LogP contribution < -0.4 is 11.1 Å². The highest BCUT2D eigenvalue weighted by atomic mass is 79.9. The highest BCUT2D eigenvalue weighted by Gasteiger charge is 2.40. The van der Waals surface area contributed by atoms with Gasteiger partial charge in [0.05, 0.1) is 5.41 Å². The minimum Gasteiger partial charge on any atom is -0.354 e. The number of benzene rings is 1. The van der Waals surface area contributed by atoms with Crippen LogP contribution in [0, 0.1) is 0 Å². The summed E-state index contributed by atoms with van der Waals surface area (Å²) in [6, 6.07) is 8.15. The van der Waals surface area contributed by atoms with Gasteiger partial charge in [-0.05, 0) is 30.5 Å². The van der Waals surface area contributed by atoms with Crippen molar-refractivity contribution < 1.29 is 4.79 Å². The first-order valence-corrected chi connectivity index (χ1v) is 7.73. The van der Waals surface area contributed by atoms with E-state index in [9.17, 15) is 4.79 Å². The van der Waals surface area contributed by atoms with E-state index in [0.29, 0.717) is 13.1 Å². The fourth-order valence-electron chi connectivity index (χ4n) is 2.94. The zero-order valence-corrected chi connectivity index (χ0v) is 12.7. The van der Waals surface area contributed by atoms with Gasteiger partial charge in [-0.2, -0.15) is 0 Å². The number of hydrogen-bond acceptors (Lipinski definition) is 2. The third-order valence-electron chi connectivity index (χ3n) is 3.95. The van der Waals surface area contributed by atoms with Gasteiger partial charge in [-0.15, -0.1) is 0 Å². The lowest BCUT2D eigenvalue weighted by molar-refractivity contribution is -0.128. The molecule has 1 amide bonds. The van der Waals surface area contributed by atoms with E-state index in [-0.39, 0.29) is 11.3 Å². The molecule has 0 radical (unpaired) electrons. The molecule has 0 heterocycles. The normalized spacial score (nSPS) is 18.0. The van der Waals surface area contributed by atoms with E-state index in [1.807, 2.05) is 12.1 Å². The van der Waals surface area contributed by atoms with Crippen molar-refractivity contribution in [3.8, 4) is 0 Å². The average Bonchev–Trinajstić information content (AvgIpc) is 2.45. The van der Waals surface area contributed by atoms with Crippen molar-refractivity contribution in [2.24, 2.45) is 5.73 Å². The molecule has 19 heavy (non-hydrogen) atoms. The Labute approximate surface area is 123 Å². The maximum Gasteiger partial charge on any atom is 0.230 e. The SMILES string of the molecule is NCCNC(=O)C1(c2cccc(Br)c2)CCCCC1. The van der Waals surface area contributed by atoms with Crippen LogP contribution in [0.3, 0.4) is 0 Å². The molecule has 0 atom stereocenters. The number of halogens is 1. The van der Waals surface area contributed by atoms with Gasteiger partial charge in [-0.25, -0.2) is 0 Å². The monoisotopic (exact) mass is 324 g/mol. The van der Waals surface area contributed by atoms with E-state index in [2.05, 4.69) is 33.4 Å². The van der Waals surface area contributed by atoms with Crippen molar-refractivity contribution in [3.63, 3.8) is 0 Å². The van der Waals surface area contributed by atoms with Crippen molar-refractivity contribution in [2.75, 3.05) is 13.1 Å². The highest BCUT2D eigenvalue weighted by Crippen LogP contribution is 2.40. The Bertz CT molecular complexity index is 442. The predicted octanol–water partition coefficient (Wildman–Crippen LogP) is 2.73. The Morgan fingerprint density at radius 2 is 2.05 bits per heavy atom. The van der Waals surface area contributed by atoms with Gasteiger partial charge in [-0.1, -0.05) is 47.3 Å². The summed E-state index contributed by atoms with van der Waals surface area (Å²) < 4.78 is 1.03. The van der Waals surface area contributed by atoms with Gasteiger partial charge < -0.3 is 11.1 Å². The van der Waals surface area contributed by atoms with Crippen LogP contribution in [-0.4, -0.2) is 19.0 Å². The Morgan fingerprint density at radius 1 is 1.32 bits per heavy atom. The predicted molar refractivity (Wildman–Crippen MR) is 81.0 cm³/mol. The zero-order valence-electron chi connectivity index (χ0n) is 11.1. The van der Waals surface area contributed by atoms with Gasteiger partial charge in [0.1, 0.15) is 0 Å². The molecule has 0 aliphatic heterocycles. The quantitative estimate of drug-likeness (QED) is 0.894. The minimum absolute atomic E-state index is 0.135. The molecule has 0 unspecified atom stereocenters. The molecular weight excluding hydrogens is 304 g/mol. The molecule has 2 rings (SSSR count). The maximum atomic E-state index is 12.6. The second-order valence-corrected chi connectivity index (χ2v) is 6.11. The number of rotatable bonds is 4. The first kappa shape index (κ1) is 14.5. The lowest BCUT2D eigenvalue weighted by atomic mass is 9.68. The molecule has 0 spiro atoms. The maximum absolute atomic E-state index is 12.6. The van der Waals surface area contributed by atoms with E-state index in [1.54, 1.807) is 0 Å². The van der Waals surface area contributed by atoms with Crippen molar-refractivity contribution in [3.05, 3.63) is 34.3 Å². The van der Waals surface area contributed by atoms with Gasteiger partial charge in [0, 0.05) is 17.6 Å². The van der Waals surface area contributed by atoms with Crippen LogP contribution in [-0.2, 0) is 10.2 Å². The van der Waals surface area contributed by atoms with Crippen LogP contribution >= 0.6 is 15.9 Å². The molecule has 0 saturated heterocycles. The molecule has 1 aromatic carbocycles. The zero-order chi connectivity index (χ0) is 13.7. The Morgan fingerprint density at radius 3 is 2.68 bits per heavy atom. The molecule has 1 aliphatic carbocycles. The van der Waals surface area contributed by atoms with E-state index < -0.39 is 0 Å². The number of amides is 1. The van der Waals surface area contributed by atoms with Crippen LogP contribution in [0.2, 0.25) is 0 Å². The molecule has 0 bridgehead atoms. The summed E-state index contributed by atoms with van der Waals surface area (Å²) in [6.07, 6.45) is 5.31. The third-order valence-corrected chi connectivity index (χ3v) is 4.44. The molecule has 1 aliphatic rings. The second kappa shape index (κ2) is 6.53.